The van der Waals surface area contributed by atoms with E-state index < -0.39 is 29.2 Å². The molecule has 1 heterocycles. The van der Waals surface area contributed by atoms with Crippen LogP contribution in [0.1, 0.15) is 32.8 Å². The molecular formula is C21H25NO5. The first kappa shape index (κ1) is 19.3. The van der Waals surface area contributed by atoms with Crippen LogP contribution in [0.25, 0.3) is 0 Å². The second-order valence-electron chi connectivity index (χ2n) is 6.74. The molecule has 4 atom stereocenters. The maximum atomic E-state index is 13.2. The number of hydrogen-bond donors (Lipinski definition) is 0. The molecule has 1 aliphatic carbocycles. The number of esters is 2. The number of carbonyl (C=O) groups is 2. The number of nitrogens with zero attached hydrogens (tertiary/aromatic N) is 1. The predicted molar refractivity (Wildman–Crippen MR) is 100 cm³/mol. The van der Waals surface area contributed by atoms with E-state index in [-0.39, 0.29) is 12.5 Å². The summed E-state index contributed by atoms with van der Waals surface area (Å²) in [5.74, 6) is -1.23. The van der Waals surface area contributed by atoms with E-state index in [9.17, 15) is 9.59 Å². The number of fused-ring (bicyclic) bond motifs is 2. The van der Waals surface area contributed by atoms with Gasteiger partial charge in [-0.05, 0) is 25.8 Å². The van der Waals surface area contributed by atoms with Crippen molar-refractivity contribution in [2.45, 2.75) is 39.0 Å². The highest BCUT2D eigenvalue weighted by atomic mass is 16.6. The molecule has 1 aromatic carbocycles. The van der Waals surface area contributed by atoms with E-state index in [2.05, 4.69) is 6.58 Å². The third-order valence-corrected chi connectivity index (χ3v) is 5.24. The minimum absolute atomic E-state index is 0.218. The molecular weight excluding hydrogens is 346 g/mol. The van der Waals surface area contributed by atoms with Gasteiger partial charge in [0, 0.05) is 19.4 Å². The first-order chi connectivity index (χ1) is 13.0. The molecule has 1 saturated carbocycles. The Bertz CT molecular complexity index is 774. The lowest BCUT2D eigenvalue weighted by Crippen LogP contribution is -2.50. The second-order valence-corrected chi connectivity index (χ2v) is 6.74. The van der Waals surface area contributed by atoms with Gasteiger partial charge in [-0.3, -0.25) is 9.59 Å². The van der Waals surface area contributed by atoms with Crippen molar-refractivity contribution in [2.24, 2.45) is 16.3 Å². The van der Waals surface area contributed by atoms with Gasteiger partial charge in [-0.1, -0.05) is 36.4 Å². The minimum Gasteiger partial charge on any atom is -0.465 e. The molecule has 0 unspecified atom stereocenters. The Morgan fingerprint density at radius 1 is 1.26 bits per heavy atom. The zero-order chi connectivity index (χ0) is 19.7. The van der Waals surface area contributed by atoms with Crippen molar-refractivity contribution in [3.63, 3.8) is 0 Å². The van der Waals surface area contributed by atoms with Crippen molar-refractivity contribution in [3.8, 4) is 0 Å². The zero-order valence-electron chi connectivity index (χ0n) is 15.9. The largest absolute Gasteiger partial charge is 0.465 e. The molecule has 0 aromatic heterocycles. The average Bonchev–Trinajstić information content (AvgIpc) is 3.07. The van der Waals surface area contributed by atoms with Crippen molar-refractivity contribution in [3.05, 3.63) is 48.6 Å². The summed E-state index contributed by atoms with van der Waals surface area (Å²) >= 11 is 0. The van der Waals surface area contributed by atoms with Gasteiger partial charge in [-0.15, -0.1) is 6.58 Å². The summed E-state index contributed by atoms with van der Waals surface area (Å²) in [6, 6.07) is 9.41. The predicted octanol–water partition coefficient (Wildman–Crippen LogP) is 2.91. The molecule has 0 N–H and O–H groups in total. The zero-order valence-corrected chi connectivity index (χ0v) is 15.9. The van der Waals surface area contributed by atoms with Crippen molar-refractivity contribution >= 4 is 17.7 Å². The molecule has 6 nitrogen and oxygen atoms in total. The maximum absolute atomic E-state index is 13.2. The van der Waals surface area contributed by atoms with Crippen molar-refractivity contribution in [1.29, 1.82) is 0 Å². The highest BCUT2D eigenvalue weighted by Gasteiger charge is 2.75. The molecule has 3 rings (SSSR count). The lowest BCUT2D eigenvalue weighted by Gasteiger charge is -2.32. The molecule has 6 heteroatoms. The second kappa shape index (κ2) is 7.27. The van der Waals surface area contributed by atoms with Crippen molar-refractivity contribution in [1.82, 2.24) is 0 Å². The van der Waals surface area contributed by atoms with Gasteiger partial charge < -0.3 is 14.2 Å². The molecule has 27 heavy (non-hydrogen) atoms. The summed E-state index contributed by atoms with van der Waals surface area (Å²) in [4.78, 5) is 30.0. The van der Waals surface area contributed by atoms with Gasteiger partial charge in [0.1, 0.15) is 0 Å². The summed E-state index contributed by atoms with van der Waals surface area (Å²) in [6.07, 6.45) is 1.18. The summed E-state index contributed by atoms with van der Waals surface area (Å²) in [7, 11) is 0. The maximum Gasteiger partial charge on any atom is 0.322 e. The topological polar surface area (TPSA) is 74.2 Å². The summed E-state index contributed by atoms with van der Waals surface area (Å²) in [5, 5.41) is 0. The quantitative estimate of drug-likeness (QED) is 0.544. The van der Waals surface area contributed by atoms with E-state index >= 15 is 0 Å². The van der Waals surface area contributed by atoms with Gasteiger partial charge in [0.15, 0.2) is 11.5 Å². The lowest BCUT2D eigenvalue weighted by atomic mass is 9.76. The van der Waals surface area contributed by atoms with E-state index in [1.807, 2.05) is 37.3 Å². The molecule has 144 valence electrons. The van der Waals surface area contributed by atoms with Crippen molar-refractivity contribution < 1.29 is 23.8 Å². The van der Waals surface area contributed by atoms with E-state index in [4.69, 9.17) is 19.2 Å². The first-order valence-corrected chi connectivity index (χ1v) is 9.23. The fourth-order valence-corrected chi connectivity index (χ4v) is 4.30. The molecule has 0 saturated heterocycles. The minimum atomic E-state index is -1.23. The third kappa shape index (κ3) is 2.79. The lowest BCUT2D eigenvalue weighted by molar-refractivity contribution is -0.179. The van der Waals surface area contributed by atoms with Crippen LogP contribution in [0.3, 0.4) is 0 Å². The third-order valence-electron chi connectivity index (χ3n) is 5.24. The number of benzene rings is 1. The summed E-state index contributed by atoms with van der Waals surface area (Å²) in [6.45, 7) is 9.38. The highest BCUT2D eigenvalue weighted by molar-refractivity contribution is 6.18. The number of aliphatic imine (C=N–C) groups is 1. The molecule has 1 fully saturated rings. The number of rotatable bonds is 7. The van der Waals surface area contributed by atoms with Crippen LogP contribution in [0.15, 0.2) is 48.0 Å². The number of hydrogen-bond acceptors (Lipinski definition) is 6. The van der Waals surface area contributed by atoms with E-state index in [0.717, 1.165) is 5.56 Å². The SMILES string of the molecule is C=C[C@H]1C[C@]2(C(=O)OCC)C(c3ccccc3)=N[C@@]1(OCC)[C@H]2OC(C)=O. The van der Waals surface area contributed by atoms with Crippen LogP contribution in [-0.4, -0.2) is 42.7 Å². The van der Waals surface area contributed by atoms with Crippen LogP contribution in [0.5, 0.6) is 0 Å². The van der Waals surface area contributed by atoms with Gasteiger partial charge in [0.05, 0.1) is 12.3 Å². The monoisotopic (exact) mass is 371 g/mol. The first-order valence-electron chi connectivity index (χ1n) is 9.23. The average molecular weight is 371 g/mol. The fraction of sp³-hybridized carbons (Fsp3) is 0.476. The Kier molecular flexibility index (Phi) is 5.20. The highest BCUT2D eigenvalue weighted by Crippen LogP contribution is 2.60. The molecule has 1 aromatic rings. The molecule has 0 spiro atoms. The molecule has 0 amide bonds. The Balaban J connectivity index is 2.25. The van der Waals surface area contributed by atoms with Crippen LogP contribution in [-0.2, 0) is 23.8 Å². The van der Waals surface area contributed by atoms with Crippen LogP contribution in [0.4, 0.5) is 0 Å². The van der Waals surface area contributed by atoms with E-state index in [1.54, 1.807) is 13.0 Å². The Hall–Kier alpha value is -2.47. The smallest absolute Gasteiger partial charge is 0.322 e. The molecule has 2 aliphatic rings. The van der Waals surface area contributed by atoms with Crippen LogP contribution in [0, 0.1) is 11.3 Å². The Morgan fingerprint density at radius 2 is 1.96 bits per heavy atom. The van der Waals surface area contributed by atoms with Crippen LogP contribution in [0.2, 0.25) is 0 Å². The molecule has 0 radical (unpaired) electrons. The summed E-state index contributed by atoms with van der Waals surface area (Å²) < 4.78 is 17.2. The van der Waals surface area contributed by atoms with Gasteiger partial charge >= 0.3 is 11.9 Å². The van der Waals surface area contributed by atoms with Gasteiger partial charge in [0.25, 0.3) is 0 Å². The van der Waals surface area contributed by atoms with Crippen LogP contribution >= 0.6 is 0 Å². The van der Waals surface area contributed by atoms with Gasteiger partial charge in [-0.25, -0.2) is 4.99 Å². The van der Waals surface area contributed by atoms with Crippen LogP contribution < -0.4 is 0 Å². The molecule has 2 bridgehead atoms. The summed E-state index contributed by atoms with van der Waals surface area (Å²) in [5.41, 5.74) is -1.08. The van der Waals surface area contributed by atoms with E-state index in [0.29, 0.717) is 18.7 Å². The Labute approximate surface area is 159 Å². The fourth-order valence-electron chi connectivity index (χ4n) is 4.30. The molecule has 1 aliphatic heterocycles. The number of carbonyl (C=O) groups excluding carboxylic acids is 2. The van der Waals surface area contributed by atoms with Gasteiger partial charge in [0.2, 0.25) is 5.72 Å². The standard InChI is InChI=1S/C21H25NO5/c1-5-16-13-20(19(24)25-6-2)17(15-11-9-8-10-12-15)22-21(16,26-7-3)18(20)27-14(4)23/h5,8-12,16,18H,1,6-7,13H2,2-4H3/t16-,18-,20-,21-/m0/s1. The van der Waals surface area contributed by atoms with Crippen molar-refractivity contribution in [2.75, 3.05) is 13.2 Å². The normalized spacial score (nSPS) is 31.3. The van der Waals surface area contributed by atoms with E-state index in [1.165, 1.54) is 6.92 Å². The number of ether oxygens (including phenoxy) is 3. The Morgan fingerprint density at radius 3 is 2.52 bits per heavy atom. The van der Waals surface area contributed by atoms with Gasteiger partial charge in [-0.2, -0.15) is 0 Å².